The van der Waals surface area contributed by atoms with E-state index in [2.05, 4.69) is 20.8 Å². The highest BCUT2D eigenvalue weighted by Crippen LogP contribution is 2.27. The number of nitrogens with two attached hydrogens (primary N) is 1. The van der Waals surface area contributed by atoms with Crippen LogP contribution in [0.5, 0.6) is 0 Å². The van der Waals surface area contributed by atoms with Crippen molar-refractivity contribution in [1.82, 2.24) is 0 Å². The summed E-state index contributed by atoms with van der Waals surface area (Å²) in [6, 6.07) is 0.885. The Balaban J connectivity index is 0. The summed E-state index contributed by atoms with van der Waals surface area (Å²) in [6.45, 7) is 6.57. The highest BCUT2D eigenvalue weighted by Gasteiger charge is 2.37. The van der Waals surface area contributed by atoms with Crippen molar-refractivity contribution in [2.24, 2.45) is 11.7 Å². The molecule has 0 rings (SSSR count). The van der Waals surface area contributed by atoms with Gasteiger partial charge in [0.05, 0.1) is 0 Å². The van der Waals surface area contributed by atoms with Crippen molar-refractivity contribution in [2.75, 3.05) is 21.3 Å². The lowest BCUT2D eigenvalue weighted by molar-refractivity contribution is 0.122. The molecular formula is C22H50ClNO3Si. The maximum atomic E-state index is 6.32. The summed E-state index contributed by atoms with van der Waals surface area (Å²) in [5.74, 6) is 0.687. The first-order valence-electron chi connectivity index (χ1n) is 11.3. The van der Waals surface area contributed by atoms with Gasteiger partial charge < -0.3 is 19.0 Å². The summed E-state index contributed by atoms with van der Waals surface area (Å²) in [4.78, 5) is 0. The van der Waals surface area contributed by atoms with Gasteiger partial charge in [-0.25, -0.2) is 0 Å². The quantitative estimate of drug-likeness (QED) is 0.179. The number of halogens is 1. The van der Waals surface area contributed by atoms with Crippen LogP contribution in [0.15, 0.2) is 0 Å². The van der Waals surface area contributed by atoms with Crippen LogP contribution in [0.2, 0.25) is 6.04 Å². The molecule has 0 aromatic carbocycles. The van der Waals surface area contributed by atoms with Gasteiger partial charge in [-0.15, -0.1) is 12.4 Å². The second-order valence-electron chi connectivity index (χ2n) is 8.86. The Morgan fingerprint density at radius 1 is 0.750 bits per heavy atom. The van der Waals surface area contributed by atoms with Gasteiger partial charge in [0.15, 0.2) is 0 Å². The summed E-state index contributed by atoms with van der Waals surface area (Å²) in [5, 5.41) is 0. The fraction of sp³-hybridized carbons (Fsp3) is 1.00. The number of hydrogen-bond acceptors (Lipinski definition) is 4. The van der Waals surface area contributed by atoms with E-state index in [0.717, 1.165) is 18.9 Å². The van der Waals surface area contributed by atoms with Crippen LogP contribution in [-0.2, 0) is 13.3 Å². The molecular weight excluding hydrogens is 390 g/mol. The van der Waals surface area contributed by atoms with E-state index in [1.807, 2.05) is 0 Å². The van der Waals surface area contributed by atoms with Crippen molar-refractivity contribution < 1.29 is 13.3 Å². The minimum absolute atomic E-state index is 0. The van der Waals surface area contributed by atoms with Gasteiger partial charge in [-0.2, -0.15) is 0 Å². The highest BCUT2D eigenvalue weighted by molar-refractivity contribution is 6.60. The largest absolute Gasteiger partial charge is 0.500 e. The number of hydrogen-bond donors (Lipinski definition) is 1. The summed E-state index contributed by atoms with van der Waals surface area (Å²) in [6.07, 6.45) is 17.1. The second kappa shape index (κ2) is 18.1. The molecule has 0 amide bonds. The van der Waals surface area contributed by atoms with Crippen LogP contribution in [0.3, 0.4) is 0 Å². The molecule has 0 spiro atoms. The molecule has 0 fully saturated rings. The lowest BCUT2D eigenvalue weighted by atomic mass is 9.85. The zero-order chi connectivity index (χ0) is 20.6. The summed E-state index contributed by atoms with van der Waals surface area (Å²) < 4.78 is 16.6. The lowest BCUT2D eigenvalue weighted by Crippen LogP contribution is -2.42. The summed E-state index contributed by atoms with van der Waals surface area (Å²) >= 11 is 0. The van der Waals surface area contributed by atoms with Crippen molar-refractivity contribution in [2.45, 2.75) is 116 Å². The molecule has 28 heavy (non-hydrogen) atoms. The fourth-order valence-corrected chi connectivity index (χ4v) is 5.75. The number of rotatable bonds is 19. The van der Waals surface area contributed by atoms with Gasteiger partial charge in [0.2, 0.25) is 0 Å². The van der Waals surface area contributed by atoms with E-state index in [1.165, 1.54) is 70.6 Å². The molecule has 0 bridgehead atoms. The maximum Gasteiger partial charge on any atom is 0.500 e. The minimum atomic E-state index is -2.44. The Labute approximate surface area is 183 Å². The molecule has 0 aliphatic rings. The van der Waals surface area contributed by atoms with Gasteiger partial charge in [-0.05, 0) is 32.6 Å². The first-order chi connectivity index (χ1) is 12.8. The van der Waals surface area contributed by atoms with E-state index in [-0.39, 0.29) is 17.9 Å². The third kappa shape index (κ3) is 16.2. The third-order valence-electron chi connectivity index (χ3n) is 5.56. The summed E-state index contributed by atoms with van der Waals surface area (Å²) in [7, 11) is 2.65. The second-order valence-corrected chi connectivity index (χ2v) is 12.0. The van der Waals surface area contributed by atoms with Crippen LogP contribution in [-0.4, -0.2) is 35.7 Å². The minimum Gasteiger partial charge on any atom is -0.377 e. The van der Waals surface area contributed by atoms with Crippen molar-refractivity contribution >= 4 is 21.2 Å². The van der Waals surface area contributed by atoms with Crippen LogP contribution in [0.25, 0.3) is 0 Å². The normalized spacial score (nSPS) is 13.4. The molecule has 4 nitrogen and oxygen atoms in total. The van der Waals surface area contributed by atoms with Crippen LogP contribution in [0, 0.1) is 5.92 Å². The molecule has 172 valence electrons. The molecule has 0 radical (unpaired) electrons. The predicted molar refractivity (Wildman–Crippen MR) is 126 cm³/mol. The van der Waals surface area contributed by atoms with Gasteiger partial charge in [0.1, 0.15) is 0 Å². The molecule has 0 saturated heterocycles. The van der Waals surface area contributed by atoms with Gasteiger partial charge in [-0.1, -0.05) is 77.6 Å². The van der Waals surface area contributed by atoms with Crippen LogP contribution < -0.4 is 5.73 Å². The SMILES string of the molecule is CCCCCCCCCCCC(CCC[Si](OC)(OC)OC)CC(C)(C)N.Cl. The Morgan fingerprint density at radius 3 is 1.61 bits per heavy atom. The maximum absolute atomic E-state index is 6.32. The van der Waals surface area contributed by atoms with E-state index in [4.69, 9.17) is 19.0 Å². The Hall–Kier alpha value is 0.347. The molecule has 0 heterocycles. The van der Waals surface area contributed by atoms with E-state index >= 15 is 0 Å². The lowest BCUT2D eigenvalue weighted by Gasteiger charge is -2.28. The van der Waals surface area contributed by atoms with Crippen LogP contribution >= 0.6 is 12.4 Å². The molecule has 0 aromatic rings. The van der Waals surface area contributed by atoms with Crippen LogP contribution in [0.4, 0.5) is 0 Å². The third-order valence-corrected chi connectivity index (χ3v) is 8.39. The van der Waals surface area contributed by atoms with E-state index in [9.17, 15) is 0 Å². The Morgan fingerprint density at radius 2 is 1.18 bits per heavy atom. The smallest absolute Gasteiger partial charge is 0.377 e. The fourth-order valence-electron chi connectivity index (χ4n) is 4.00. The van der Waals surface area contributed by atoms with E-state index in [1.54, 1.807) is 21.3 Å². The molecule has 0 saturated carbocycles. The highest BCUT2D eigenvalue weighted by atomic mass is 35.5. The van der Waals surface area contributed by atoms with Crippen molar-refractivity contribution in [3.05, 3.63) is 0 Å². The average molecular weight is 440 g/mol. The van der Waals surface area contributed by atoms with Gasteiger partial charge in [-0.3, -0.25) is 0 Å². The van der Waals surface area contributed by atoms with Crippen molar-refractivity contribution in [3.8, 4) is 0 Å². The topological polar surface area (TPSA) is 53.7 Å². The molecule has 2 N–H and O–H groups in total. The molecule has 1 atom stereocenters. The zero-order valence-electron chi connectivity index (χ0n) is 19.7. The first-order valence-corrected chi connectivity index (χ1v) is 13.2. The molecule has 6 heteroatoms. The van der Waals surface area contributed by atoms with Gasteiger partial charge >= 0.3 is 8.80 Å². The van der Waals surface area contributed by atoms with Gasteiger partial charge in [0.25, 0.3) is 0 Å². The Kier molecular flexibility index (Phi) is 19.8. The van der Waals surface area contributed by atoms with Gasteiger partial charge in [0, 0.05) is 32.9 Å². The molecule has 0 aliphatic carbocycles. The molecule has 0 aromatic heterocycles. The standard InChI is InChI=1S/C22H49NO3Si.ClH/c1-7-8-9-10-11-12-13-14-15-17-21(20-22(2,3)23)18-16-19-27(24-4,25-5)26-6;/h21H,7-20,23H2,1-6H3;1H. The first kappa shape index (κ1) is 30.5. The van der Waals surface area contributed by atoms with Crippen molar-refractivity contribution in [1.29, 1.82) is 0 Å². The van der Waals surface area contributed by atoms with Crippen molar-refractivity contribution in [3.63, 3.8) is 0 Å². The zero-order valence-corrected chi connectivity index (χ0v) is 21.5. The average Bonchev–Trinajstić information content (AvgIpc) is 2.63. The van der Waals surface area contributed by atoms with E-state index in [0.29, 0.717) is 5.92 Å². The number of unbranched alkanes of at least 4 members (excludes halogenated alkanes) is 8. The Bertz CT molecular complexity index is 328. The molecule has 1 unspecified atom stereocenters. The molecule has 0 aliphatic heterocycles. The monoisotopic (exact) mass is 439 g/mol. The summed E-state index contributed by atoms with van der Waals surface area (Å²) in [5.41, 5.74) is 6.22. The predicted octanol–water partition coefficient (Wildman–Crippen LogP) is 6.73. The van der Waals surface area contributed by atoms with E-state index < -0.39 is 8.80 Å². The van der Waals surface area contributed by atoms with Crippen LogP contribution in [0.1, 0.15) is 104 Å².